The summed E-state index contributed by atoms with van der Waals surface area (Å²) in [5, 5.41) is 7.93. The van der Waals surface area contributed by atoms with Crippen molar-refractivity contribution in [2.24, 2.45) is 0 Å². The lowest BCUT2D eigenvalue weighted by Crippen LogP contribution is -2.35. The minimum atomic E-state index is -3.48. The molecule has 0 amide bonds. The number of anilines is 1. The van der Waals surface area contributed by atoms with Crippen molar-refractivity contribution < 1.29 is 8.42 Å². The molecule has 2 N–H and O–H groups in total. The van der Waals surface area contributed by atoms with Gasteiger partial charge in [0.05, 0.1) is 23.2 Å². The zero-order valence-corrected chi connectivity index (χ0v) is 16.5. The summed E-state index contributed by atoms with van der Waals surface area (Å²) < 4.78 is 27.0. The molecule has 1 fully saturated rings. The van der Waals surface area contributed by atoms with Gasteiger partial charge >= 0.3 is 0 Å². The normalized spacial score (nSPS) is 15.9. The molecule has 1 aliphatic heterocycles. The zero-order chi connectivity index (χ0) is 19.0. The van der Waals surface area contributed by atoms with Crippen molar-refractivity contribution in [2.45, 2.75) is 25.8 Å². The first kappa shape index (κ1) is 18.1. The van der Waals surface area contributed by atoms with Crippen LogP contribution in [-0.4, -0.2) is 37.8 Å². The maximum absolute atomic E-state index is 12.8. The summed E-state index contributed by atoms with van der Waals surface area (Å²) in [6.07, 6.45) is 3.33. The molecule has 4 rings (SSSR count). The molecule has 6 heteroatoms. The van der Waals surface area contributed by atoms with Gasteiger partial charge in [-0.05, 0) is 62.2 Å². The molecule has 0 saturated carbocycles. The van der Waals surface area contributed by atoms with Gasteiger partial charge in [-0.3, -0.25) is 0 Å². The zero-order valence-electron chi connectivity index (χ0n) is 15.7. The second-order valence-corrected chi connectivity index (χ2v) is 9.17. The molecule has 5 nitrogen and oxygen atoms in total. The Morgan fingerprint density at radius 2 is 1.78 bits per heavy atom. The van der Waals surface area contributed by atoms with Crippen molar-refractivity contribution in [3.05, 3.63) is 54.1 Å². The molecule has 0 radical (unpaired) electrons. The summed E-state index contributed by atoms with van der Waals surface area (Å²) in [6, 6.07) is 16.1. The molecule has 0 spiro atoms. The summed E-state index contributed by atoms with van der Waals surface area (Å²) in [5.74, 6) is 0. The molecule has 0 aliphatic carbocycles. The Morgan fingerprint density at radius 1 is 1.07 bits per heavy atom. The van der Waals surface area contributed by atoms with E-state index in [-0.39, 0.29) is 0 Å². The number of rotatable bonds is 4. The number of nitrogens with one attached hydrogen (secondary N) is 2. The average molecular weight is 384 g/mol. The van der Waals surface area contributed by atoms with E-state index in [1.807, 2.05) is 43.3 Å². The highest BCUT2D eigenvalue weighted by molar-refractivity contribution is 7.89. The van der Waals surface area contributed by atoms with Crippen LogP contribution in [-0.2, 0) is 10.0 Å². The van der Waals surface area contributed by atoms with Crippen LogP contribution in [0.3, 0.4) is 0 Å². The van der Waals surface area contributed by atoms with Crippen LogP contribution < -0.4 is 10.6 Å². The smallest absolute Gasteiger partial charge is 0.236 e. The lowest BCUT2D eigenvalue weighted by molar-refractivity contribution is 0.479. The summed E-state index contributed by atoms with van der Waals surface area (Å²) in [7, 11) is -3.48. The van der Waals surface area contributed by atoms with Crippen LogP contribution >= 0.6 is 0 Å². The van der Waals surface area contributed by atoms with E-state index in [0.29, 0.717) is 11.7 Å². The predicted octanol–water partition coefficient (Wildman–Crippen LogP) is 3.59. The fraction of sp³-hybridized carbons (Fsp3) is 0.333. The molecule has 0 atom stereocenters. The molecule has 142 valence electrons. The molecule has 1 aliphatic rings. The molecular formula is C21H25N3O2S. The van der Waals surface area contributed by atoms with Gasteiger partial charge in [0.25, 0.3) is 0 Å². The first-order valence-electron chi connectivity index (χ1n) is 9.33. The highest BCUT2D eigenvalue weighted by atomic mass is 32.2. The number of benzene rings is 2. The van der Waals surface area contributed by atoms with Crippen LogP contribution in [0.15, 0.2) is 48.5 Å². The van der Waals surface area contributed by atoms with Crippen LogP contribution in [0, 0.1) is 6.92 Å². The highest BCUT2D eigenvalue weighted by Gasteiger charge is 2.22. The third kappa shape index (κ3) is 3.59. The number of aryl methyl sites for hydroxylation is 1. The Kier molecular flexibility index (Phi) is 4.70. The second kappa shape index (κ2) is 7.02. The van der Waals surface area contributed by atoms with Gasteiger partial charge in [0.15, 0.2) is 0 Å². The van der Waals surface area contributed by atoms with Crippen LogP contribution in [0.25, 0.3) is 22.2 Å². The summed E-state index contributed by atoms with van der Waals surface area (Å²) >= 11 is 0. The molecule has 27 heavy (non-hydrogen) atoms. The molecule has 0 bridgehead atoms. The summed E-state index contributed by atoms with van der Waals surface area (Å²) in [4.78, 5) is 0. The Morgan fingerprint density at radius 3 is 2.44 bits per heavy atom. The number of hydrogen-bond donors (Lipinski definition) is 2. The number of piperidine rings is 1. The van der Waals surface area contributed by atoms with Crippen molar-refractivity contribution >= 4 is 26.6 Å². The standard InChI is InChI=1S/C21H25N3O2S/c1-15-12-17-14-20(16-6-4-3-5-7-16)24(27(2,25)26)21(17)19(13-15)23-18-8-10-22-11-9-18/h3-7,12-14,18,22-23H,8-11H2,1-2H3. The number of nitrogens with zero attached hydrogens (tertiary/aromatic N) is 1. The van der Waals surface area contributed by atoms with E-state index < -0.39 is 10.0 Å². The lowest BCUT2D eigenvalue weighted by atomic mass is 10.1. The molecule has 0 unspecified atom stereocenters. The van der Waals surface area contributed by atoms with E-state index in [0.717, 1.165) is 53.6 Å². The van der Waals surface area contributed by atoms with Crippen LogP contribution in [0.4, 0.5) is 5.69 Å². The SMILES string of the molecule is Cc1cc(NC2CCNCC2)c2c(c1)cc(-c1ccccc1)n2S(C)(=O)=O. The minimum absolute atomic E-state index is 0.347. The highest BCUT2D eigenvalue weighted by Crippen LogP contribution is 2.35. The van der Waals surface area contributed by atoms with Gasteiger partial charge in [-0.2, -0.15) is 0 Å². The van der Waals surface area contributed by atoms with Crippen molar-refractivity contribution in [1.82, 2.24) is 9.29 Å². The fourth-order valence-electron chi connectivity index (χ4n) is 3.92. The number of aromatic nitrogens is 1. The molecule has 1 saturated heterocycles. The van der Waals surface area contributed by atoms with E-state index in [4.69, 9.17) is 0 Å². The number of hydrogen-bond acceptors (Lipinski definition) is 4. The van der Waals surface area contributed by atoms with Crippen molar-refractivity contribution in [1.29, 1.82) is 0 Å². The molecule has 2 aromatic carbocycles. The van der Waals surface area contributed by atoms with Gasteiger partial charge < -0.3 is 10.6 Å². The summed E-state index contributed by atoms with van der Waals surface area (Å²) in [5.41, 5.74) is 4.34. The maximum atomic E-state index is 12.8. The minimum Gasteiger partial charge on any atom is -0.380 e. The second-order valence-electron chi connectivity index (χ2n) is 7.34. The van der Waals surface area contributed by atoms with E-state index in [1.54, 1.807) is 0 Å². The molecular weight excluding hydrogens is 358 g/mol. The van der Waals surface area contributed by atoms with Crippen molar-refractivity contribution in [3.63, 3.8) is 0 Å². The van der Waals surface area contributed by atoms with Gasteiger partial charge in [0.2, 0.25) is 10.0 Å². The van der Waals surface area contributed by atoms with Gasteiger partial charge in [-0.25, -0.2) is 12.4 Å². The molecule has 2 heterocycles. The lowest BCUT2D eigenvalue weighted by Gasteiger charge is -2.25. The van der Waals surface area contributed by atoms with E-state index >= 15 is 0 Å². The van der Waals surface area contributed by atoms with Crippen molar-refractivity contribution in [2.75, 3.05) is 24.7 Å². The van der Waals surface area contributed by atoms with E-state index in [1.165, 1.54) is 10.2 Å². The molecule has 3 aromatic rings. The Balaban J connectivity index is 1.95. The Hall–Kier alpha value is -2.31. The van der Waals surface area contributed by atoms with Gasteiger partial charge in [-0.15, -0.1) is 0 Å². The first-order chi connectivity index (χ1) is 12.9. The van der Waals surface area contributed by atoms with Gasteiger partial charge in [0, 0.05) is 11.4 Å². The predicted molar refractivity (Wildman–Crippen MR) is 112 cm³/mol. The van der Waals surface area contributed by atoms with E-state index in [2.05, 4.69) is 22.8 Å². The fourth-order valence-corrected chi connectivity index (χ4v) is 4.97. The van der Waals surface area contributed by atoms with Crippen LogP contribution in [0.2, 0.25) is 0 Å². The third-order valence-corrected chi connectivity index (χ3v) is 6.14. The third-order valence-electron chi connectivity index (χ3n) is 5.10. The van der Waals surface area contributed by atoms with Gasteiger partial charge in [0.1, 0.15) is 0 Å². The Labute approximate surface area is 160 Å². The van der Waals surface area contributed by atoms with Crippen molar-refractivity contribution in [3.8, 4) is 11.3 Å². The first-order valence-corrected chi connectivity index (χ1v) is 11.2. The van der Waals surface area contributed by atoms with Crippen LogP contribution in [0.5, 0.6) is 0 Å². The monoisotopic (exact) mass is 383 g/mol. The van der Waals surface area contributed by atoms with E-state index in [9.17, 15) is 8.42 Å². The average Bonchev–Trinajstić information content (AvgIpc) is 3.03. The van der Waals surface area contributed by atoms with Gasteiger partial charge in [-0.1, -0.05) is 30.3 Å². The van der Waals surface area contributed by atoms with Crippen LogP contribution in [0.1, 0.15) is 18.4 Å². The summed E-state index contributed by atoms with van der Waals surface area (Å²) in [6.45, 7) is 4.01. The largest absolute Gasteiger partial charge is 0.380 e. The maximum Gasteiger partial charge on any atom is 0.236 e. The molecule has 1 aromatic heterocycles. The Bertz CT molecular complexity index is 1070. The number of fused-ring (bicyclic) bond motifs is 1. The topological polar surface area (TPSA) is 63.1 Å². The quantitative estimate of drug-likeness (QED) is 0.723.